The van der Waals surface area contributed by atoms with Crippen LogP contribution < -0.4 is 0 Å². The molecule has 0 aromatic carbocycles. The topological polar surface area (TPSA) is 71.5 Å². The highest BCUT2D eigenvalue weighted by molar-refractivity contribution is 7.94. The highest BCUT2D eigenvalue weighted by Crippen LogP contribution is 2.28. The van der Waals surface area contributed by atoms with Gasteiger partial charge in [-0.2, -0.15) is 4.31 Å². The van der Waals surface area contributed by atoms with Crippen molar-refractivity contribution in [1.82, 2.24) is 4.31 Å². The number of imide groups is 1. The van der Waals surface area contributed by atoms with Gasteiger partial charge in [0.05, 0.1) is 5.57 Å². The molecule has 84 valence electrons. The Balaban J connectivity index is 3.47. The average Bonchev–Trinajstić information content (AvgIpc) is 2.41. The van der Waals surface area contributed by atoms with Crippen molar-refractivity contribution in [2.75, 3.05) is 0 Å². The van der Waals surface area contributed by atoms with Crippen LogP contribution in [0.15, 0.2) is 47.9 Å². The van der Waals surface area contributed by atoms with Gasteiger partial charge in [-0.1, -0.05) is 25.3 Å². The molecule has 6 heteroatoms. The van der Waals surface area contributed by atoms with Crippen LogP contribution in [0.4, 0.5) is 0 Å². The predicted octanol–water partition coefficient (Wildman–Crippen LogP) is 0.497. The molecule has 0 atom stereocenters. The molecule has 0 saturated heterocycles. The maximum absolute atomic E-state index is 11.6. The van der Waals surface area contributed by atoms with E-state index in [0.717, 1.165) is 6.08 Å². The number of sulfonamides is 1. The summed E-state index contributed by atoms with van der Waals surface area (Å²) in [5.74, 6) is -0.886. The Bertz CT molecular complexity index is 525. The Hall–Kier alpha value is -1.95. The molecule has 0 aliphatic carbocycles. The second kappa shape index (κ2) is 4.28. The number of nitrogens with zero attached hydrogens (tertiary/aromatic N) is 1. The lowest BCUT2D eigenvalue weighted by Crippen LogP contribution is -2.29. The molecule has 5 nitrogen and oxygen atoms in total. The van der Waals surface area contributed by atoms with Gasteiger partial charge in [0.15, 0.2) is 0 Å². The van der Waals surface area contributed by atoms with E-state index < -0.39 is 15.9 Å². The maximum atomic E-state index is 11.6. The third-order valence-corrected chi connectivity index (χ3v) is 3.63. The van der Waals surface area contributed by atoms with Crippen LogP contribution >= 0.6 is 0 Å². The minimum atomic E-state index is -4.07. The molecular weight excluding hydrogens is 230 g/mol. The number of rotatable bonds is 4. The number of allylic oxidation sites excluding steroid dienone is 3. The van der Waals surface area contributed by atoms with Gasteiger partial charge in [0.1, 0.15) is 4.91 Å². The predicted molar refractivity (Wildman–Crippen MR) is 58.4 cm³/mol. The van der Waals surface area contributed by atoms with Crippen LogP contribution in [-0.4, -0.2) is 25.0 Å². The van der Waals surface area contributed by atoms with Gasteiger partial charge in [-0.05, 0) is 12.2 Å². The second-order valence-electron chi connectivity index (χ2n) is 2.79. The summed E-state index contributed by atoms with van der Waals surface area (Å²) in [6.07, 6.45) is 5.06. The van der Waals surface area contributed by atoms with Crippen LogP contribution in [0.1, 0.15) is 0 Å². The summed E-state index contributed by atoms with van der Waals surface area (Å²) in [7, 11) is -4.07. The fraction of sp³-hybridized carbons (Fsp3) is 0. The Kier molecular flexibility index (Phi) is 3.24. The van der Waals surface area contributed by atoms with E-state index in [9.17, 15) is 18.0 Å². The van der Waals surface area contributed by atoms with Gasteiger partial charge in [0.25, 0.3) is 15.9 Å². The zero-order valence-corrected chi connectivity index (χ0v) is 9.11. The first-order chi connectivity index (χ1) is 7.50. The fourth-order valence-corrected chi connectivity index (χ4v) is 2.50. The first-order valence-corrected chi connectivity index (χ1v) is 5.64. The molecule has 1 heterocycles. The Labute approximate surface area is 93.1 Å². The fourth-order valence-electron chi connectivity index (χ4n) is 1.22. The molecule has 2 amide bonds. The third-order valence-electron chi connectivity index (χ3n) is 1.91. The zero-order valence-electron chi connectivity index (χ0n) is 8.29. The van der Waals surface area contributed by atoms with Gasteiger partial charge in [0.2, 0.25) is 6.41 Å². The van der Waals surface area contributed by atoms with Crippen molar-refractivity contribution in [2.45, 2.75) is 0 Å². The van der Waals surface area contributed by atoms with Crippen molar-refractivity contribution in [3.8, 4) is 0 Å². The van der Waals surface area contributed by atoms with Gasteiger partial charge < -0.3 is 0 Å². The van der Waals surface area contributed by atoms with Crippen molar-refractivity contribution in [2.24, 2.45) is 0 Å². The minimum absolute atomic E-state index is 0.0318. The summed E-state index contributed by atoms with van der Waals surface area (Å²) in [5, 5.41) is 0. The van der Waals surface area contributed by atoms with Gasteiger partial charge in [-0.3, -0.25) is 9.59 Å². The summed E-state index contributed by atoms with van der Waals surface area (Å²) in [4.78, 5) is 21.8. The van der Waals surface area contributed by atoms with E-state index in [1.165, 1.54) is 18.2 Å². The van der Waals surface area contributed by atoms with E-state index in [0.29, 0.717) is 0 Å². The molecule has 0 aromatic heterocycles. The Morgan fingerprint density at radius 1 is 1.25 bits per heavy atom. The maximum Gasteiger partial charge on any atom is 0.275 e. The number of hydrogen-bond acceptors (Lipinski definition) is 4. The summed E-state index contributed by atoms with van der Waals surface area (Å²) in [5.41, 5.74) is -0.0954. The van der Waals surface area contributed by atoms with E-state index in [-0.39, 0.29) is 21.2 Å². The molecule has 1 rings (SSSR count). The van der Waals surface area contributed by atoms with E-state index >= 15 is 0 Å². The lowest BCUT2D eigenvalue weighted by Gasteiger charge is -2.05. The number of amides is 2. The summed E-state index contributed by atoms with van der Waals surface area (Å²) >= 11 is 0. The van der Waals surface area contributed by atoms with Crippen LogP contribution in [0.2, 0.25) is 0 Å². The van der Waals surface area contributed by atoms with Crippen LogP contribution in [0.5, 0.6) is 0 Å². The van der Waals surface area contributed by atoms with Gasteiger partial charge >= 0.3 is 0 Å². The largest absolute Gasteiger partial charge is 0.277 e. The molecule has 1 aliphatic heterocycles. The molecule has 0 saturated carbocycles. The summed E-state index contributed by atoms with van der Waals surface area (Å²) in [6.45, 7) is 6.70. The highest BCUT2D eigenvalue weighted by atomic mass is 32.2. The van der Waals surface area contributed by atoms with Crippen molar-refractivity contribution < 1.29 is 18.0 Å². The van der Waals surface area contributed by atoms with Crippen LogP contribution in [0, 0.1) is 0 Å². The number of hydrogen-bond donors (Lipinski definition) is 0. The van der Waals surface area contributed by atoms with Crippen molar-refractivity contribution in [1.29, 1.82) is 0 Å². The monoisotopic (exact) mass is 239 g/mol. The van der Waals surface area contributed by atoms with Crippen molar-refractivity contribution >= 4 is 22.3 Å². The lowest BCUT2D eigenvalue weighted by molar-refractivity contribution is -0.128. The third kappa shape index (κ3) is 1.63. The molecular formula is C10H9NO4S. The van der Waals surface area contributed by atoms with E-state index in [4.69, 9.17) is 0 Å². The second-order valence-corrected chi connectivity index (χ2v) is 4.57. The molecule has 0 aromatic rings. The Morgan fingerprint density at radius 3 is 2.31 bits per heavy atom. The lowest BCUT2D eigenvalue weighted by atomic mass is 10.2. The van der Waals surface area contributed by atoms with Crippen molar-refractivity contribution in [3.05, 3.63) is 47.9 Å². The highest BCUT2D eigenvalue weighted by Gasteiger charge is 2.41. The SMILES string of the molecule is C=C/C=C\C1=C(C=C)S(=O)(=O)N(C=O)C1=O. The van der Waals surface area contributed by atoms with E-state index in [2.05, 4.69) is 13.2 Å². The average molecular weight is 239 g/mol. The quantitative estimate of drug-likeness (QED) is 0.529. The number of carbonyl (C=O) groups is 2. The smallest absolute Gasteiger partial charge is 0.275 e. The summed E-state index contributed by atoms with van der Waals surface area (Å²) < 4.78 is 23.4. The normalized spacial score (nSPS) is 19.2. The molecule has 0 fully saturated rings. The first kappa shape index (κ1) is 12.1. The number of carbonyl (C=O) groups excluding carboxylic acids is 2. The first-order valence-electron chi connectivity index (χ1n) is 4.20. The van der Waals surface area contributed by atoms with Gasteiger partial charge in [0, 0.05) is 0 Å². The molecule has 0 N–H and O–H groups in total. The molecule has 1 aliphatic rings. The van der Waals surface area contributed by atoms with Crippen LogP contribution in [0.3, 0.4) is 0 Å². The van der Waals surface area contributed by atoms with E-state index in [1.807, 2.05) is 0 Å². The van der Waals surface area contributed by atoms with E-state index in [1.54, 1.807) is 0 Å². The molecule has 0 unspecified atom stereocenters. The molecule has 16 heavy (non-hydrogen) atoms. The summed E-state index contributed by atoms with van der Waals surface area (Å²) in [6, 6.07) is 0. The molecule has 0 radical (unpaired) electrons. The van der Waals surface area contributed by atoms with Gasteiger partial charge in [-0.15, -0.1) is 0 Å². The zero-order chi connectivity index (χ0) is 12.3. The van der Waals surface area contributed by atoms with Crippen LogP contribution in [-0.2, 0) is 19.6 Å². The molecule has 0 bridgehead atoms. The Morgan fingerprint density at radius 2 is 1.88 bits per heavy atom. The van der Waals surface area contributed by atoms with Gasteiger partial charge in [-0.25, -0.2) is 8.42 Å². The van der Waals surface area contributed by atoms with Crippen LogP contribution in [0.25, 0.3) is 0 Å². The van der Waals surface area contributed by atoms with Crippen molar-refractivity contribution in [3.63, 3.8) is 0 Å². The standard InChI is InChI=1S/C10H9NO4S/c1-3-5-6-8-9(4-2)16(14,15)11(7-12)10(8)13/h3-7H,1-2H2/b6-5-. The molecule has 0 spiro atoms. The minimum Gasteiger partial charge on any atom is -0.277 e.